The third kappa shape index (κ3) is 4.19. The Morgan fingerprint density at radius 3 is 2.17 bits per heavy atom. The summed E-state index contributed by atoms with van der Waals surface area (Å²) in [6.07, 6.45) is 0.458. The zero-order valence-electron chi connectivity index (χ0n) is 15.0. The van der Waals surface area contributed by atoms with Crippen molar-refractivity contribution in [1.29, 1.82) is 0 Å². The first-order chi connectivity index (χ1) is 11.5. The van der Waals surface area contributed by atoms with Crippen LogP contribution in [0.1, 0.15) is 29.3 Å². The predicted molar refractivity (Wildman–Crippen MR) is 92.9 cm³/mol. The van der Waals surface area contributed by atoms with Crippen molar-refractivity contribution in [3.05, 3.63) is 23.3 Å². The fourth-order valence-corrected chi connectivity index (χ4v) is 2.95. The monoisotopic (exact) mass is 336 g/mol. The number of rotatable bonds is 6. The molecule has 0 unspecified atom stereocenters. The van der Waals surface area contributed by atoms with Crippen LogP contribution in [-0.2, 0) is 0 Å². The summed E-state index contributed by atoms with van der Waals surface area (Å²) in [7, 11) is 3.18. The molecule has 1 aromatic carbocycles. The van der Waals surface area contributed by atoms with E-state index in [-0.39, 0.29) is 12.0 Å². The van der Waals surface area contributed by atoms with Gasteiger partial charge in [0.15, 0.2) is 0 Å². The van der Waals surface area contributed by atoms with E-state index in [4.69, 9.17) is 9.47 Å². The average Bonchev–Trinajstić information content (AvgIpc) is 2.61. The van der Waals surface area contributed by atoms with Gasteiger partial charge < -0.3 is 19.5 Å². The van der Waals surface area contributed by atoms with Gasteiger partial charge in [-0.1, -0.05) is 6.92 Å². The third-order valence-corrected chi connectivity index (χ3v) is 4.60. The molecule has 0 aromatic heterocycles. The molecule has 0 radical (unpaired) electrons. The normalized spacial score (nSPS) is 16.8. The lowest BCUT2D eigenvalue weighted by molar-refractivity contribution is 0.0523. The summed E-state index contributed by atoms with van der Waals surface area (Å²) < 4.78 is 10.7. The molecular formula is C18H28N2O4. The quantitative estimate of drug-likeness (QED) is 0.854. The number of hydrogen-bond donors (Lipinski definition) is 1. The Hall–Kier alpha value is -1.79. The number of ether oxygens (including phenoxy) is 2. The number of carbonyl (C=O) groups excluding carboxylic acids is 1. The number of aliphatic hydroxyl groups is 1. The van der Waals surface area contributed by atoms with Gasteiger partial charge in [-0.15, -0.1) is 0 Å². The molecule has 1 saturated heterocycles. The summed E-state index contributed by atoms with van der Waals surface area (Å²) >= 11 is 0. The number of hydrogen-bond acceptors (Lipinski definition) is 5. The van der Waals surface area contributed by atoms with Gasteiger partial charge in [0.1, 0.15) is 11.5 Å². The maximum Gasteiger partial charge on any atom is 0.254 e. The van der Waals surface area contributed by atoms with Crippen molar-refractivity contribution in [1.82, 2.24) is 9.80 Å². The van der Waals surface area contributed by atoms with E-state index < -0.39 is 0 Å². The van der Waals surface area contributed by atoms with Gasteiger partial charge in [-0.05, 0) is 25.5 Å². The van der Waals surface area contributed by atoms with Crippen LogP contribution >= 0.6 is 0 Å². The van der Waals surface area contributed by atoms with E-state index in [0.29, 0.717) is 36.7 Å². The molecule has 1 aliphatic heterocycles. The minimum absolute atomic E-state index is 0.0118. The summed E-state index contributed by atoms with van der Waals surface area (Å²) in [6.45, 7) is 7.43. The Morgan fingerprint density at radius 1 is 1.17 bits per heavy atom. The fourth-order valence-electron chi connectivity index (χ4n) is 2.95. The second-order valence-electron chi connectivity index (χ2n) is 6.16. The predicted octanol–water partition coefficient (Wildman–Crippen LogP) is 1.54. The van der Waals surface area contributed by atoms with Crippen molar-refractivity contribution < 1.29 is 19.4 Å². The van der Waals surface area contributed by atoms with Gasteiger partial charge in [0.25, 0.3) is 5.91 Å². The first-order valence-electron chi connectivity index (χ1n) is 8.42. The second-order valence-corrected chi connectivity index (χ2v) is 6.16. The number of carbonyl (C=O) groups is 1. The van der Waals surface area contributed by atoms with Gasteiger partial charge in [0, 0.05) is 43.9 Å². The third-order valence-electron chi connectivity index (χ3n) is 4.60. The van der Waals surface area contributed by atoms with E-state index in [9.17, 15) is 9.90 Å². The first kappa shape index (κ1) is 18.5. The summed E-state index contributed by atoms with van der Waals surface area (Å²) in [5, 5.41) is 9.75. The lowest BCUT2D eigenvalue weighted by Crippen LogP contribution is -2.50. The summed E-state index contributed by atoms with van der Waals surface area (Å²) in [4.78, 5) is 16.8. The van der Waals surface area contributed by atoms with E-state index >= 15 is 0 Å². The summed E-state index contributed by atoms with van der Waals surface area (Å²) in [6, 6.07) is 3.54. The smallest absolute Gasteiger partial charge is 0.254 e. The van der Waals surface area contributed by atoms with Crippen LogP contribution in [0.5, 0.6) is 11.5 Å². The van der Waals surface area contributed by atoms with Crippen LogP contribution in [0.3, 0.4) is 0 Å². The molecule has 2 rings (SSSR count). The summed E-state index contributed by atoms with van der Waals surface area (Å²) in [5.74, 6) is 1.30. The van der Waals surface area contributed by atoms with Crippen LogP contribution in [-0.4, -0.2) is 73.9 Å². The van der Waals surface area contributed by atoms with Crippen LogP contribution in [0, 0.1) is 6.92 Å². The van der Waals surface area contributed by atoms with Gasteiger partial charge in [0.2, 0.25) is 0 Å². The van der Waals surface area contributed by atoms with E-state index in [1.165, 1.54) is 0 Å². The number of β-amino-alcohol motifs (C(OH)–C–C–N with tert-alkyl or cyclic N) is 1. The van der Waals surface area contributed by atoms with Crippen LogP contribution in [0.15, 0.2) is 12.1 Å². The number of amides is 1. The molecule has 1 fully saturated rings. The molecule has 1 aromatic rings. The Kier molecular flexibility index (Phi) is 6.45. The zero-order chi connectivity index (χ0) is 17.7. The zero-order valence-corrected chi connectivity index (χ0v) is 15.0. The Labute approximate surface area is 144 Å². The summed E-state index contributed by atoms with van der Waals surface area (Å²) in [5.41, 5.74) is 1.46. The number of nitrogens with zero attached hydrogens (tertiary/aromatic N) is 2. The molecule has 0 saturated carbocycles. The van der Waals surface area contributed by atoms with Gasteiger partial charge in [-0.2, -0.15) is 0 Å². The van der Waals surface area contributed by atoms with Gasteiger partial charge in [-0.25, -0.2) is 0 Å². The molecule has 24 heavy (non-hydrogen) atoms. The van der Waals surface area contributed by atoms with Crippen molar-refractivity contribution >= 4 is 5.91 Å². The minimum atomic E-state index is -0.294. The topological polar surface area (TPSA) is 62.2 Å². The van der Waals surface area contributed by atoms with E-state index in [1.54, 1.807) is 26.4 Å². The molecule has 1 amide bonds. The SMILES string of the molecule is CC[C@H](O)CN1CCN(C(=O)c2cc(OC)c(C)c(OC)c2)CC1. The van der Waals surface area contributed by atoms with Crippen LogP contribution in [0.2, 0.25) is 0 Å². The highest BCUT2D eigenvalue weighted by molar-refractivity contribution is 5.95. The van der Waals surface area contributed by atoms with Gasteiger partial charge >= 0.3 is 0 Å². The Morgan fingerprint density at radius 2 is 1.71 bits per heavy atom. The Bertz CT molecular complexity index is 543. The largest absolute Gasteiger partial charge is 0.496 e. The number of methoxy groups -OCH3 is 2. The van der Waals surface area contributed by atoms with E-state index in [1.807, 2.05) is 18.7 Å². The molecule has 134 valence electrons. The number of benzene rings is 1. The fraction of sp³-hybridized carbons (Fsp3) is 0.611. The van der Waals surface area contributed by atoms with Gasteiger partial charge in [-0.3, -0.25) is 9.69 Å². The highest BCUT2D eigenvalue weighted by atomic mass is 16.5. The standard InChI is InChI=1S/C18H28N2O4/c1-5-15(21)12-19-6-8-20(9-7-19)18(22)14-10-16(23-3)13(2)17(11-14)24-4/h10-11,15,21H,5-9,12H2,1-4H3/t15-/m0/s1. The Balaban J connectivity index is 2.05. The average molecular weight is 336 g/mol. The van der Waals surface area contributed by atoms with Crippen molar-refractivity contribution in [2.45, 2.75) is 26.4 Å². The lowest BCUT2D eigenvalue weighted by Gasteiger charge is -2.35. The van der Waals surface area contributed by atoms with E-state index in [0.717, 1.165) is 25.1 Å². The highest BCUT2D eigenvalue weighted by Crippen LogP contribution is 2.30. The molecule has 1 aliphatic rings. The van der Waals surface area contributed by atoms with Crippen molar-refractivity contribution in [3.63, 3.8) is 0 Å². The molecule has 6 nitrogen and oxygen atoms in total. The lowest BCUT2D eigenvalue weighted by atomic mass is 10.1. The maximum atomic E-state index is 12.8. The van der Waals surface area contributed by atoms with Gasteiger partial charge in [0.05, 0.1) is 20.3 Å². The number of piperazine rings is 1. The van der Waals surface area contributed by atoms with E-state index in [2.05, 4.69) is 4.90 Å². The second kappa shape index (κ2) is 8.35. The molecule has 0 spiro atoms. The molecule has 1 heterocycles. The van der Waals surface area contributed by atoms with Crippen molar-refractivity contribution in [2.24, 2.45) is 0 Å². The van der Waals surface area contributed by atoms with Crippen LogP contribution in [0.4, 0.5) is 0 Å². The molecule has 0 bridgehead atoms. The molecule has 1 N–H and O–H groups in total. The molecule has 6 heteroatoms. The highest BCUT2D eigenvalue weighted by Gasteiger charge is 2.24. The molecular weight excluding hydrogens is 308 g/mol. The van der Waals surface area contributed by atoms with Crippen molar-refractivity contribution in [3.8, 4) is 11.5 Å². The first-order valence-corrected chi connectivity index (χ1v) is 8.42. The van der Waals surface area contributed by atoms with Crippen LogP contribution in [0.25, 0.3) is 0 Å². The number of aliphatic hydroxyl groups excluding tert-OH is 1. The minimum Gasteiger partial charge on any atom is -0.496 e. The van der Waals surface area contributed by atoms with Crippen LogP contribution < -0.4 is 9.47 Å². The van der Waals surface area contributed by atoms with Crippen molar-refractivity contribution in [2.75, 3.05) is 46.9 Å². The molecule has 1 atom stereocenters. The maximum absolute atomic E-state index is 12.8. The molecule has 0 aliphatic carbocycles.